The first-order chi connectivity index (χ1) is 7.33. The van der Waals surface area contributed by atoms with Gasteiger partial charge in [0, 0.05) is 24.4 Å². The minimum Gasteiger partial charge on any atom is -0.273 e. The Hall–Kier alpha value is -1.97. The molecule has 0 aliphatic carbocycles. The summed E-state index contributed by atoms with van der Waals surface area (Å²) < 4.78 is 1.36. The van der Waals surface area contributed by atoms with Gasteiger partial charge in [-0.3, -0.25) is 9.78 Å². The van der Waals surface area contributed by atoms with Crippen LogP contribution in [0.3, 0.4) is 0 Å². The quantitative estimate of drug-likeness (QED) is 0.742. The minimum atomic E-state index is -0.119. The SMILES string of the molecule is [CH2]CC(=O)n1nccc1-c1ccncc1. The van der Waals surface area contributed by atoms with Crippen molar-refractivity contribution in [1.82, 2.24) is 14.8 Å². The Morgan fingerprint density at radius 3 is 2.67 bits per heavy atom. The second-order valence-electron chi connectivity index (χ2n) is 3.01. The molecule has 2 rings (SSSR count). The molecule has 15 heavy (non-hydrogen) atoms. The molecule has 4 heteroatoms. The molecule has 0 saturated carbocycles. The summed E-state index contributed by atoms with van der Waals surface area (Å²) in [7, 11) is 0. The molecule has 0 spiro atoms. The lowest BCUT2D eigenvalue weighted by Crippen LogP contribution is -2.11. The molecule has 2 aromatic heterocycles. The van der Waals surface area contributed by atoms with E-state index >= 15 is 0 Å². The molecule has 0 bridgehead atoms. The second kappa shape index (κ2) is 4.04. The van der Waals surface area contributed by atoms with Crippen LogP contribution in [0.5, 0.6) is 0 Å². The molecule has 2 aromatic rings. The first-order valence-corrected chi connectivity index (χ1v) is 4.60. The fraction of sp³-hybridized carbons (Fsp3) is 0.0909. The van der Waals surface area contributed by atoms with Crippen LogP contribution in [0.15, 0.2) is 36.8 Å². The van der Waals surface area contributed by atoms with E-state index in [0.717, 1.165) is 11.3 Å². The van der Waals surface area contributed by atoms with Crippen molar-refractivity contribution in [3.05, 3.63) is 43.7 Å². The van der Waals surface area contributed by atoms with Gasteiger partial charge in [0.05, 0.1) is 11.9 Å². The van der Waals surface area contributed by atoms with Gasteiger partial charge in [0.25, 0.3) is 0 Å². The molecule has 2 heterocycles. The third-order valence-corrected chi connectivity index (χ3v) is 2.07. The van der Waals surface area contributed by atoms with Crippen molar-refractivity contribution in [2.24, 2.45) is 0 Å². The first kappa shape index (κ1) is 9.58. The van der Waals surface area contributed by atoms with Gasteiger partial charge in [-0.05, 0) is 25.1 Å². The Labute approximate surface area is 87.6 Å². The Morgan fingerprint density at radius 1 is 1.27 bits per heavy atom. The Bertz CT molecular complexity index is 462. The number of hydrogen-bond acceptors (Lipinski definition) is 3. The first-order valence-electron chi connectivity index (χ1n) is 4.60. The molecule has 0 fully saturated rings. The van der Waals surface area contributed by atoms with Crippen LogP contribution in [0.25, 0.3) is 11.3 Å². The number of carbonyl (C=O) groups is 1. The van der Waals surface area contributed by atoms with E-state index in [1.807, 2.05) is 12.1 Å². The van der Waals surface area contributed by atoms with Crippen molar-refractivity contribution in [3.8, 4) is 11.3 Å². The third-order valence-electron chi connectivity index (χ3n) is 2.07. The largest absolute Gasteiger partial charge is 0.273 e. The van der Waals surface area contributed by atoms with E-state index in [9.17, 15) is 4.79 Å². The van der Waals surface area contributed by atoms with Crippen molar-refractivity contribution < 1.29 is 4.79 Å². The summed E-state index contributed by atoms with van der Waals surface area (Å²) in [5.41, 5.74) is 1.69. The van der Waals surface area contributed by atoms with E-state index in [4.69, 9.17) is 0 Å². The van der Waals surface area contributed by atoms with E-state index in [1.165, 1.54) is 4.68 Å². The van der Waals surface area contributed by atoms with Gasteiger partial charge in [-0.2, -0.15) is 5.10 Å². The molecule has 0 unspecified atom stereocenters. The second-order valence-corrected chi connectivity index (χ2v) is 3.01. The molecule has 75 valence electrons. The maximum absolute atomic E-state index is 11.5. The van der Waals surface area contributed by atoms with Crippen LogP contribution in [0.2, 0.25) is 0 Å². The maximum atomic E-state index is 11.5. The minimum absolute atomic E-state index is 0.119. The molecule has 0 aliphatic rings. The lowest BCUT2D eigenvalue weighted by atomic mass is 10.2. The summed E-state index contributed by atoms with van der Waals surface area (Å²) in [5, 5.41) is 3.97. The fourth-order valence-electron chi connectivity index (χ4n) is 1.35. The third kappa shape index (κ3) is 1.79. The Kier molecular flexibility index (Phi) is 2.58. The van der Waals surface area contributed by atoms with Gasteiger partial charge in [-0.1, -0.05) is 0 Å². The molecule has 4 nitrogen and oxygen atoms in total. The van der Waals surface area contributed by atoms with E-state index in [-0.39, 0.29) is 12.3 Å². The van der Waals surface area contributed by atoms with Crippen LogP contribution < -0.4 is 0 Å². The van der Waals surface area contributed by atoms with Crippen LogP contribution in [-0.2, 0) is 0 Å². The molecule has 0 aromatic carbocycles. The molecule has 0 N–H and O–H groups in total. The fourth-order valence-corrected chi connectivity index (χ4v) is 1.35. The summed E-state index contributed by atoms with van der Waals surface area (Å²) in [6.07, 6.45) is 5.16. The van der Waals surface area contributed by atoms with Crippen molar-refractivity contribution >= 4 is 5.91 Å². The average Bonchev–Trinajstić information content (AvgIpc) is 2.78. The maximum Gasteiger partial charge on any atom is 0.247 e. The molecule has 0 aliphatic heterocycles. The van der Waals surface area contributed by atoms with Gasteiger partial charge in [-0.25, -0.2) is 4.68 Å². The monoisotopic (exact) mass is 200 g/mol. The summed E-state index contributed by atoms with van der Waals surface area (Å²) >= 11 is 0. The highest BCUT2D eigenvalue weighted by atomic mass is 16.2. The van der Waals surface area contributed by atoms with E-state index in [0.29, 0.717) is 0 Å². The normalized spacial score (nSPS) is 10.2. The lowest BCUT2D eigenvalue weighted by Gasteiger charge is -2.03. The summed E-state index contributed by atoms with van der Waals surface area (Å²) in [5.74, 6) is -0.119. The highest BCUT2D eigenvalue weighted by Crippen LogP contribution is 2.17. The zero-order valence-electron chi connectivity index (χ0n) is 8.13. The average molecular weight is 200 g/mol. The predicted molar refractivity (Wildman–Crippen MR) is 56.1 cm³/mol. The van der Waals surface area contributed by atoms with Crippen LogP contribution in [0.1, 0.15) is 11.2 Å². The number of rotatable bonds is 2. The number of aromatic nitrogens is 3. The molecule has 0 amide bonds. The van der Waals surface area contributed by atoms with Crippen molar-refractivity contribution in [2.45, 2.75) is 6.42 Å². The molecule has 0 atom stereocenters. The summed E-state index contributed by atoms with van der Waals surface area (Å²) in [4.78, 5) is 15.4. The van der Waals surface area contributed by atoms with Crippen molar-refractivity contribution in [3.63, 3.8) is 0 Å². The van der Waals surface area contributed by atoms with Crippen LogP contribution in [-0.4, -0.2) is 20.7 Å². The van der Waals surface area contributed by atoms with E-state index in [2.05, 4.69) is 17.0 Å². The van der Waals surface area contributed by atoms with Crippen molar-refractivity contribution in [1.29, 1.82) is 0 Å². The van der Waals surface area contributed by atoms with Gasteiger partial charge < -0.3 is 0 Å². The van der Waals surface area contributed by atoms with E-state index < -0.39 is 0 Å². The molecular weight excluding hydrogens is 190 g/mol. The highest BCUT2D eigenvalue weighted by molar-refractivity contribution is 5.83. The Morgan fingerprint density at radius 2 is 2.00 bits per heavy atom. The van der Waals surface area contributed by atoms with Crippen LogP contribution in [0, 0.1) is 6.92 Å². The van der Waals surface area contributed by atoms with Gasteiger partial charge in [0.1, 0.15) is 0 Å². The smallest absolute Gasteiger partial charge is 0.247 e. The van der Waals surface area contributed by atoms with Gasteiger partial charge in [0.15, 0.2) is 0 Å². The predicted octanol–water partition coefficient (Wildman–Crippen LogP) is 1.81. The molecule has 0 saturated heterocycles. The van der Waals surface area contributed by atoms with Crippen molar-refractivity contribution in [2.75, 3.05) is 0 Å². The zero-order valence-corrected chi connectivity index (χ0v) is 8.13. The zero-order chi connectivity index (χ0) is 10.7. The molecule has 1 radical (unpaired) electrons. The number of nitrogens with zero attached hydrogens (tertiary/aromatic N) is 3. The lowest BCUT2D eigenvalue weighted by molar-refractivity contribution is 0.0903. The number of pyridine rings is 1. The van der Waals surface area contributed by atoms with Gasteiger partial charge in [0.2, 0.25) is 5.91 Å². The topological polar surface area (TPSA) is 47.8 Å². The van der Waals surface area contributed by atoms with Crippen LogP contribution >= 0.6 is 0 Å². The van der Waals surface area contributed by atoms with Gasteiger partial charge in [-0.15, -0.1) is 0 Å². The highest BCUT2D eigenvalue weighted by Gasteiger charge is 2.09. The standard InChI is InChI=1S/C11H10N3O/c1-2-11(15)14-10(5-8-13-14)9-3-6-12-7-4-9/h3-8H,1-2H2. The number of hydrogen-bond donors (Lipinski definition) is 0. The van der Waals surface area contributed by atoms with E-state index in [1.54, 1.807) is 24.7 Å². The summed E-state index contributed by atoms with van der Waals surface area (Å²) in [6.45, 7) is 3.55. The van der Waals surface area contributed by atoms with Crippen LogP contribution in [0.4, 0.5) is 0 Å². The molecular formula is C11H10N3O. The number of carbonyl (C=O) groups excluding carboxylic acids is 1. The van der Waals surface area contributed by atoms with Gasteiger partial charge >= 0.3 is 0 Å². The summed E-state index contributed by atoms with van der Waals surface area (Å²) in [6, 6.07) is 5.47. The Balaban J connectivity index is 2.46.